The third kappa shape index (κ3) is 4.88. The average Bonchev–Trinajstić information content (AvgIpc) is 2.22. The van der Waals surface area contributed by atoms with Crippen molar-refractivity contribution in [1.82, 2.24) is 4.90 Å². The molecule has 0 bridgehead atoms. The maximum absolute atomic E-state index is 13.2. The smallest absolute Gasteiger partial charge is 0.455 e. The van der Waals surface area contributed by atoms with Crippen molar-refractivity contribution in [3.8, 4) is 0 Å². The van der Waals surface area contributed by atoms with Crippen LogP contribution < -0.4 is 0 Å². The summed E-state index contributed by atoms with van der Waals surface area (Å²) in [5.74, 6) is -5.30. The van der Waals surface area contributed by atoms with Gasteiger partial charge < -0.3 is 19.5 Å². The number of hydrogen-bond donors (Lipinski definition) is 1. The molecule has 1 N–H and O–H groups in total. The van der Waals surface area contributed by atoms with Gasteiger partial charge in [0, 0.05) is 6.54 Å². The van der Waals surface area contributed by atoms with Gasteiger partial charge >= 0.3 is 12.1 Å². The highest BCUT2D eigenvalue weighted by Crippen LogP contribution is 2.40. The van der Waals surface area contributed by atoms with Crippen molar-refractivity contribution in [2.45, 2.75) is 24.3 Å². The molecule has 0 radical (unpaired) electrons. The van der Waals surface area contributed by atoms with Gasteiger partial charge in [0.25, 0.3) is 6.47 Å². The molecule has 0 fully saturated rings. The van der Waals surface area contributed by atoms with E-state index in [4.69, 9.17) is 5.11 Å². The van der Waals surface area contributed by atoms with Crippen molar-refractivity contribution >= 4 is 6.47 Å². The van der Waals surface area contributed by atoms with Gasteiger partial charge in [0.2, 0.25) is 6.10 Å². The van der Waals surface area contributed by atoms with Crippen molar-refractivity contribution in [2.24, 2.45) is 0 Å². The molecule has 0 heterocycles. The lowest BCUT2D eigenvalue weighted by Crippen LogP contribution is -2.56. The topological polar surface area (TPSA) is 59.0 Å². The molecule has 10 heteroatoms. The summed E-state index contributed by atoms with van der Waals surface area (Å²) in [4.78, 5) is 11.4. The maximum atomic E-state index is 13.2. The molecule has 114 valence electrons. The Hall–Kier alpha value is -1.00. The normalized spacial score (nSPS) is 16.3. The number of carbonyl (C=O) groups is 1. The number of ether oxygens (including phenoxy) is 2. The van der Waals surface area contributed by atoms with Gasteiger partial charge in [0.05, 0.1) is 0 Å². The van der Waals surface area contributed by atoms with E-state index >= 15 is 0 Å². The number of nitrogens with zero attached hydrogens (tertiary/aromatic N) is 1. The van der Waals surface area contributed by atoms with Crippen LogP contribution in [-0.2, 0) is 14.3 Å². The lowest BCUT2D eigenvalue weighted by molar-refractivity contribution is -0.327. The Labute approximate surface area is 105 Å². The summed E-state index contributed by atoms with van der Waals surface area (Å²) in [5.41, 5.74) is 0. The summed E-state index contributed by atoms with van der Waals surface area (Å²) < 4.78 is 71.5. The summed E-state index contributed by atoms with van der Waals surface area (Å²) in [5, 5.41) is 8.52. The number of rotatable bonds is 8. The highest BCUT2D eigenvalue weighted by molar-refractivity contribution is 5.38. The first-order valence-corrected chi connectivity index (χ1v) is 4.98. The van der Waals surface area contributed by atoms with Crippen LogP contribution in [0.5, 0.6) is 0 Å². The van der Waals surface area contributed by atoms with E-state index in [0.29, 0.717) is 0 Å². The molecule has 0 aliphatic carbocycles. The van der Waals surface area contributed by atoms with E-state index in [1.807, 2.05) is 0 Å². The molecule has 0 spiro atoms. The first kappa shape index (κ1) is 18.0. The van der Waals surface area contributed by atoms with Crippen LogP contribution in [-0.4, -0.2) is 68.2 Å². The molecule has 0 saturated carbocycles. The van der Waals surface area contributed by atoms with Crippen molar-refractivity contribution < 1.29 is 41.3 Å². The number of halogens is 5. The standard InChI is InChI=1S/C9H14F5NO4/c1-15(2)3-6(18-4-16)7(19-5-17)8(10,11)9(12,13)14/h5-7,16H,3-4H2,1-2H3. The Bertz CT molecular complexity index is 284. The second-order valence-electron chi connectivity index (χ2n) is 3.87. The van der Waals surface area contributed by atoms with Crippen LogP contribution in [0.4, 0.5) is 22.0 Å². The molecular formula is C9H14F5NO4. The van der Waals surface area contributed by atoms with E-state index in [1.54, 1.807) is 0 Å². The van der Waals surface area contributed by atoms with Crippen LogP contribution in [0.1, 0.15) is 0 Å². The first-order chi connectivity index (χ1) is 8.57. The highest BCUT2D eigenvalue weighted by Gasteiger charge is 2.66. The SMILES string of the molecule is CN(C)CC(OCO)C(OC=O)C(F)(F)C(F)(F)F. The van der Waals surface area contributed by atoms with Crippen LogP contribution in [0, 0.1) is 0 Å². The van der Waals surface area contributed by atoms with E-state index in [2.05, 4.69) is 9.47 Å². The molecule has 19 heavy (non-hydrogen) atoms. The fourth-order valence-electron chi connectivity index (χ4n) is 1.32. The third-order valence-corrected chi connectivity index (χ3v) is 2.11. The Morgan fingerprint density at radius 3 is 2.11 bits per heavy atom. The number of hydrogen-bond acceptors (Lipinski definition) is 5. The number of carbonyl (C=O) groups excluding carboxylic acids is 1. The molecule has 0 saturated heterocycles. The number of alkyl halides is 5. The Kier molecular flexibility index (Phi) is 6.60. The van der Waals surface area contributed by atoms with E-state index in [9.17, 15) is 26.7 Å². The van der Waals surface area contributed by atoms with E-state index in [1.165, 1.54) is 19.0 Å². The molecule has 0 amide bonds. The third-order valence-electron chi connectivity index (χ3n) is 2.11. The van der Waals surface area contributed by atoms with Crippen LogP contribution in [0.15, 0.2) is 0 Å². The monoisotopic (exact) mass is 295 g/mol. The lowest BCUT2D eigenvalue weighted by atomic mass is 10.1. The summed E-state index contributed by atoms with van der Waals surface area (Å²) in [6.45, 7) is -2.02. The zero-order valence-corrected chi connectivity index (χ0v) is 10.2. The van der Waals surface area contributed by atoms with Crippen LogP contribution >= 0.6 is 0 Å². The van der Waals surface area contributed by atoms with Crippen molar-refractivity contribution in [3.05, 3.63) is 0 Å². The van der Waals surface area contributed by atoms with E-state index in [-0.39, 0.29) is 0 Å². The number of likely N-dealkylation sites (N-methyl/N-ethyl adjacent to an activating group) is 1. The molecule has 0 aromatic carbocycles. The van der Waals surface area contributed by atoms with Gasteiger partial charge in [-0.25, -0.2) is 0 Å². The molecule has 0 aliphatic rings. The molecule has 0 rings (SSSR count). The predicted molar refractivity (Wildman–Crippen MR) is 52.5 cm³/mol. The second-order valence-corrected chi connectivity index (χ2v) is 3.87. The van der Waals surface area contributed by atoms with Crippen molar-refractivity contribution in [3.63, 3.8) is 0 Å². The molecular weight excluding hydrogens is 281 g/mol. The summed E-state index contributed by atoms with van der Waals surface area (Å²) >= 11 is 0. The first-order valence-electron chi connectivity index (χ1n) is 4.98. The largest absolute Gasteiger partial charge is 0.457 e. The number of aliphatic hydroxyl groups is 1. The molecule has 5 nitrogen and oxygen atoms in total. The molecule has 2 unspecified atom stereocenters. The van der Waals surface area contributed by atoms with Crippen LogP contribution in [0.3, 0.4) is 0 Å². The quantitative estimate of drug-likeness (QED) is 0.404. The fraction of sp³-hybridized carbons (Fsp3) is 0.889. The molecule has 2 atom stereocenters. The molecule has 0 aromatic heterocycles. The Morgan fingerprint density at radius 1 is 1.26 bits per heavy atom. The predicted octanol–water partition coefficient (Wildman–Crippen LogP) is 0.622. The zero-order chi connectivity index (χ0) is 15.3. The average molecular weight is 295 g/mol. The number of aliphatic hydroxyl groups excluding tert-OH is 1. The van der Waals surface area contributed by atoms with Gasteiger partial charge in [-0.15, -0.1) is 0 Å². The fourth-order valence-corrected chi connectivity index (χ4v) is 1.32. The Balaban J connectivity index is 5.28. The van der Waals surface area contributed by atoms with Crippen LogP contribution in [0.25, 0.3) is 0 Å². The van der Waals surface area contributed by atoms with Crippen molar-refractivity contribution in [2.75, 3.05) is 27.4 Å². The Morgan fingerprint density at radius 2 is 1.79 bits per heavy atom. The second kappa shape index (κ2) is 6.96. The molecule has 0 aliphatic heterocycles. The van der Waals surface area contributed by atoms with Gasteiger partial charge in [-0.1, -0.05) is 0 Å². The van der Waals surface area contributed by atoms with Gasteiger partial charge in [0.15, 0.2) is 0 Å². The lowest BCUT2D eigenvalue weighted by Gasteiger charge is -2.33. The van der Waals surface area contributed by atoms with E-state index < -0.39 is 44.1 Å². The molecule has 0 aromatic rings. The minimum absolute atomic E-state index is 0.412. The van der Waals surface area contributed by atoms with Crippen molar-refractivity contribution in [1.29, 1.82) is 0 Å². The summed E-state index contributed by atoms with van der Waals surface area (Å²) in [6.07, 6.45) is -10.6. The van der Waals surface area contributed by atoms with Gasteiger partial charge in [-0.2, -0.15) is 22.0 Å². The van der Waals surface area contributed by atoms with Gasteiger partial charge in [-0.05, 0) is 14.1 Å². The maximum Gasteiger partial charge on any atom is 0.457 e. The highest BCUT2D eigenvalue weighted by atomic mass is 19.4. The van der Waals surface area contributed by atoms with E-state index in [0.717, 1.165) is 0 Å². The van der Waals surface area contributed by atoms with Gasteiger partial charge in [-0.3, -0.25) is 4.79 Å². The van der Waals surface area contributed by atoms with Crippen LogP contribution in [0.2, 0.25) is 0 Å². The minimum Gasteiger partial charge on any atom is -0.455 e. The zero-order valence-electron chi connectivity index (χ0n) is 10.2. The summed E-state index contributed by atoms with van der Waals surface area (Å²) in [6, 6.07) is 0. The minimum atomic E-state index is -5.91. The van der Waals surface area contributed by atoms with Gasteiger partial charge in [0.1, 0.15) is 12.9 Å². The summed E-state index contributed by atoms with van der Waals surface area (Å²) in [7, 11) is 2.77.